The van der Waals surface area contributed by atoms with E-state index in [-0.39, 0.29) is 24.6 Å². The molecule has 2 N–H and O–H groups in total. The van der Waals surface area contributed by atoms with Crippen LogP contribution in [-0.4, -0.2) is 39.7 Å². The molecule has 0 spiro atoms. The molecule has 1 aromatic rings. The van der Waals surface area contributed by atoms with Gasteiger partial charge in [-0.05, 0) is 19.8 Å². The van der Waals surface area contributed by atoms with Gasteiger partial charge in [0.25, 0.3) is 0 Å². The first-order valence-corrected chi connectivity index (χ1v) is 6.99. The van der Waals surface area contributed by atoms with E-state index in [4.69, 9.17) is 9.84 Å². The van der Waals surface area contributed by atoms with Crippen molar-refractivity contribution in [3.8, 4) is 0 Å². The van der Waals surface area contributed by atoms with Crippen LogP contribution in [0.2, 0.25) is 0 Å². The zero-order valence-electron chi connectivity index (χ0n) is 10.9. The Morgan fingerprint density at radius 2 is 2.42 bits per heavy atom. The number of hydrogen-bond donors (Lipinski definition) is 3. The summed E-state index contributed by atoms with van der Waals surface area (Å²) in [7, 11) is 0. The van der Waals surface area contributed by atoms with Crippen LogP contribution >= 0.6 is 12.6 Å². The molecule has 1 aliphatic heterocycles. The Bertz CT molecular complexity index is 492. The molecular weight excluding hydrogens is 266 g/mol. The summed E-state index contributed by atoms with van der Waals surface area (Å²) < 4.78 is 7.09. The van der Waals surface area contributed by atoms with E-state index in [0.29, 0.717) is 18.1 Å². The summed E-state index contributed by atoms with van der Waals surface area (Å²) in [5, 5.41) is 12.1. The normalized spacial score (nSPS) is 22.7. The van der Waals surface area contributed by atoms with Crippen LogP contribution in [0.3, 0.4) is 0 Å². The molecule has 2 unspecified atom stereocenters. The number of aryl methyl sites for hydroxylation is 1. The molecule has 2 rings (SSSR count). The monoisotopic (exact) mass is 285 g/mol. The highest BCUT2D eigenvalue weighted by atomic mass is 32.1. The van der Waals surface area contributed by atoms with Gasteiger partial charge >= 0.3 is 5.69 Å². The van der Waals surface area contributed by atoms with Crippen molar-refractivity contribution in [2.75, 3.05) is 24.2 Å². The molecule has 0 saturated carbocycles. The summed E-state index contributed by atoms with van der Waals surface area (Å²) in [4.78, 5) is 16.0. The predicted molar refractivity (Wildman–Crippen MR) is 75.8 cm³/mol. The van der Waals surface area contributed by atoms with Crippen molar-refractivity contribution in [2.45, 2.75) is 32.1 Å². The van der Waals surface area contributed by atoms with Crippen LogP contribution in [0, 0.1) is 6.92 Å². The molecule has 1 aliphatic rings. The SMILES string of the molecule is Cc1cn(C2CCC(CO)O2)c(=O)nc1NCCS. The molecule has 0 aliphatic carbocycles. The fourth-order valence-corrected chi connectivity index (χ4v) is 2.26. The largest absolute Gasteiger partial charge is 0.394 e. The van der Waals surface area contributed by atoms with Crippen molar-refractivity contribution in [2.24, 2.45) is 0 Å². The average molecular weight is 285 g/mol. The van der Waals surface area contributed by atoms with Crippen molar-refractivity contribution in [3.63, 3.8) is 0 Å². The van der Waals surface area contributed by atoms with Crippen LogP contribution in [0.1, 0.15) is 24.6 Å². The third kappa shape index (κ3) is 3.29. The molecule has 19 heavy (non-hydrogen) atoms. The Morgan fingerprint density at radius 3 is 3.05 bits per heavy atom. The van der Waals surface area contributed by atoms with E-state index in [1.54, 1.807) is 6.20 Å². The standard InChI is InChI=1S/C12H19N3O3S/c1-8-6-15(10-3-2-9(7-16)18-10)12(17)14-11(8)13-4-5-19/h6,9-10,16,19H,2-5,7H2,1H3,(H,13,14,17). The van der Waals surface area contributed by atoms with Gasteiger partial charge in [0.15, 0.2) is 0 Å². The van der Waals surface area contributed by atoms with E-state index in [1.165, 1.54) is 4.57 Å². The summed E-state index contributed by atoms with van der Waals surface area (Å²) in [5.41, 5.74) is 0.549. The lowest BCUT2D eigenvalue weighted by Gasteiger charge is -2.16. The number of nitrogens with zero attached hydrogens (tertiary/aromatic N) is 2. The molecule has 0 aromatic carbocycles. The number of hydrogen-bond acceptors (Lipinski definition) is 6. The van der Waals surface area contributed by atoms with E-state index in [0.717, 1.165) is 18.4 Å². The maximum Gasteiger partial charge on any atom is 0.351 e. The fraction of sp³-hybridized carbons (Fsp3) is 0.667. The Labute approximate surface area is 117 Å². The van der Waals surface area contributed by atoms with Gasteiger partial charge in [0, 0.05) is 24.1 Å². The average Bonchev–Trinajstić information content (AvgIpc) is 2.88. The number of aliphatic hydroxyl groups excluding tert-OH is 1. The first-order valence-electron chi connectivity index (χ1n) is 6.36. The number of thiol groups is 1. The summed E-state index contributed by atoms with van der Waals surface area (Å²) in [6.07, 6.45) is 2.72. The minimum absolute atomic E-state index is 0.0146. The van der Waals surface area contributed by atoms with Crippen LogP contribution < -0.4 is 11.0 Å². The fourth-order valence-electron chi connectivity index (χ4n) is 2.15. The molecule has 0 amide bonds. The second-order valence-electron chi connectivity index (χ2n) is 4.59. The third-order valence-electron chi connectivity index (χ3n) is 3.14. The van der Waals surface area contributed by atoms with Crippen LogP contribution in [0.15, 0.2) is 11.0 Å². The minimum Gasteiger partial charge on any atom is -0.394 e. The van der Waals surface area contributed by atoms with Gasteiger partial charge in [-0.15, -0.1) is 0 Å². The van der Waals surface area contributed by atoms with Gasteiger partial charge in [0.1, 0.15) is 12.0 Å². The predicted octanol–water partition coefficient (Wildman–Crippen LogP) is 0.563. The topological polar surface area (TPSA) is 76.4 Å². The highest BCUT2D eigenvalue weighted by Gasteiger charge is 2.27. The maximum atomic E-state index is 12.0. The molecule has 0 radical (unpaired) electrons. The molecule has 7 heteroatoms. The van der Waals surface area contributed by atoms with Crippen LogP contribution in [0.4, 0.5) is 5.82 Å². The second-order valence-corrected chi connectivity index (χ2v) is 5.03. The smallest absolute Gasteiger partial charge is 0.351 e. The highest BCUT2D eigenvalue weighted by Crippen LogP contribution is 2.27. The number of aliphatic hydroxyl groups is 1. The van der Waals surface area contributed by atoms with Gasteiger partial charge in [0.2, 0.25) is 0 Å². The lowest BCUT2D eigenvalue weighted by Crippen LogP contribution is -2.29. The van der Waals surface area contributed by atoms with Crippen LogP contribution in [0.25, 0.3) is 0 Å². The molecule has 106 valence electrons. The van der Waals surface area contributed by atoms with Crippen molar-refractivity contribution < 1.29 is 9.84 Å². The van der Waals surface area contributed by atoms with Crippen molar-refractivity contribution in [1.29, 1.82) is 0 Å². The Kier molecular flexibility index (Phi) is 4.84. The zero-order valence-corrected chi connectivity index (χ0v) is 11.8. The minimum atomic E-state index is -0.337. The Hall–Kier alpha value is -1.05. The van der Waals surface area contributed by atoms with Gasteiger partial charge < -0.3 is 15.2 Å². The Balaban J connectivity index is 2.19. The number of aromatic nitrogens is 2. The van der Waals surface area contributed by atoms with Gasteiger partial charge in [-0.3, -0.25) is 4.57 Å². The molecular formula is C12H19N3O3S. The van der Waals surface area contributed by atoms with Gasteiger partial charge in [-0.1, -0.05) is 0 Å². The van der Waals surface area contributed by atoms with Gasteiger partial charge in [-0.2, -0.15) is 17.6 Å². The Morgan fingerprint density at radius 1 is 1.63 bits per heavy atom. The molecule has 2 heterocycles. The van der Waals surface area contributed by atoms with Crippen LogP contribution in [-0.2, 0) is 4.74 Å². The summed E-state index contributed by atoms with van der Waals surface area (Å²) in [5.74, 6) is 1.26. The molecule has 2 atom stereocenters. The lowest BCUT2D eigenvalue weighted by atomic mass is 10.2. The molecule has 6 nitrogen and oxygen atoms in total. The summed E-state index contributed by atoms with van der Waals surface area (Å²) >= 11 is 4.11. The molecule has 1 fully saturated rings. The maximum absolute atomic E-state index is 12.0. The number of rotatable bonds is 5. The summed E-state index contributed by atoms with van der Waals surface area (Å²) in [6, 6.07) is 0. The van der Waals surface area contributed by atoms with Gasteiger partial charge in [0.05, 0.1) is 12.7 Å². The van der Waals surface area contributed by atoms with E-state index in [9.17, 15) is 4.79 Å². The second kappa shape index (κ2) is 6.40. The van der Waals surface area contributed by atoms with E-state index in [2.05, 4.69) is 22.9 Å². The summed E-state index contributed by atoms with van der Waals surface area (Å²) in [6.45, 7) is 2.54. The zero-order chi connectivity index (χ0) is 13.8. The number of nitrogens with one attached hydrogen (secondary N) is 1. The molecule has 1 saturated heterocycles. The number of anilines is 1. The first kappa shape index (κ1) is 14.4. The van der Waals surface area contributed by atoms with Crippen molar-refractivity contribution >= 4 is 18.4 Å². The van der Waals surface area contributed by atoms with Crippen molar-refractivity contribution in [1.82, 2.24) is 9.55 Å². The number of ether oxygens (including phenoxy) is 1. The van der Waals surface area contributed by atoms with Crippen molar-refractivity contribution in [3.05, 3.63) is 22.2 Å². The first-order chi connectivity index (χ1) is 9.15. The van der Waals surface area contributed by atoms with E-state index in [1.807, 2.05) is 6.92 Å². The van der Waals surface area contributed by atoms with Gasteiger partial charge in [-0.25, -0.2) is 4.79 Å². The highest BCUT2D eigenvalue weighted by molar-refractivity contribution is 7.80. The molecule has 1 aromatic heterocycles. The molecule has 0 bridgehead atoms. The third-order valence-corrected chi connectivity index (χ3v) is 3.36. The lowest BCUT2D eigenvalue weighted by molar-refractivity contribution is -0.0246. The van der Waals surface area contributed by atoms with E-state index >= 15 is 0 Å². The van der Waals surface area contributed by atoms with Crippen LogP contribution in [0.5, 0.6) is 0 Å². The quantitative estimate of drug-likeness (QED) is 0.689. The van der Waals surface area contributed by atoms with E-state index < -0.39 is 0 Å².